The molecule has 0 unspecified atom stereocenters. The first-order valence-electron chi connectivity index (χ1n) is 6.94. The fourth-order valence-corrected chi connectivity index (χ4v) is 2.85. The molecular formula is C14H25N3. The summed E-state index contributed by atoms with van der Waals surface area (Å²) in [4.78, 5) is 0. The summed E-state index contributed by atoms with van der Waals surface area (Å²) in [6.45, 7) is 0. The zero-order valence-corrected chi connectivity index (χ0v) is 11.0. The molecule has 0 saturated heterocycles. The summed E-state index contributed by atoms with van der Waals surface area (Å²) >= 11 is 0. The van der Waals surface area contributed by atoms with Crippen LogP contribution in [0.2, 0.25) is 0 Å². The van der Waals surface area contributed by atoms with Crippen molar-refractivity contribution in [2.75, 3.05) is 0 Å². The molecule has 17 heavy (non-hydrogen) atoms. The molecule has 3 heteroatoms. The number of hydrogen-bond donors (Lipinski definition) is 1. The number of rotatable bonds is 3. The highest BCUT2D eigenvalue weighted by molar-refractivity contribution is 5.05. The maximum Gasteiger partial charge on any atom is 0.0521 e. The van der Waals surface area contributed by atoms with Crippen molar-refractivity contribution in [1.29, 1.82) is 0 Å². The maximum absolute atomic E-state index is 6.56. The molecule has 1 aliphatic rings. The Hall–Kier alpha value is -0.830. The first-order valence-corrected chi connectivity index (χ1v) is 6.94. The van der Waals surface area contributed by atoms with E-state index in [2.05, 4.69) is 11.3 Å². The summed E-state index contributed by atoms with van der Waals surface area (Å²) in [6, 6.07) is 0. The summed E-state index contributed by atoms with van der Waals surface area (Å²) in [5.41, 5.74) is 7.95. The molecule has 3 nitrogen and oxygen atoms in total. The van der Waals surface area contributed by atoms with Crippen molar-refractivity contribution < 1.29 is 0 Å². The first kappa shape index (κ1) is 12.6. The van der Waals surface area contributed by atoms with Crippen LogP contribution >= 0.6 is 0 Å². The third-order valence-corrected chi connectivity index (χ3v) is 4.02. The average molecular weight is 235 g/mol. The van der Waals surface area contributed by atoms with E-state index < -0.39 is 0 Å². The van der Waals surface area contributed by atoms with Crippen molar-refractivity contribution in [3.05, 3.63) is 18.0 Å². The van der Waals surface area contributed by atoms with Crippen LogP contribution in [0.5, 0.6) is 0 Å². The molecule has 0 bridgehead atoms. The van der Waals surface area contributed by atoms with Crippen LogP contribution in [0, 0.1) is 0 Å². The van der Waals surface area contributed by atoms with E-state index in [0.717, 1.165) is 12.8 Å². The minimum Gasteiger partial charge on any atom is -0.325 e. The molecular weight excluding hydrogens is 210 g/mol. The minimum atomic E-state index is 0.0796. The topological polar surface area (TPSA) is 43.8 Å². The van der Waals surface area contributed by atoms with E-state index in [9.17, 15) is 0 Å². The Morgan fingerprint density at radius 1 is 1.24 bits per heavy atom. The van der Waals surface area contributed by atoms with Gasteiger partial charge in [-0.25, -0.2) is 0 Å². The van der Waals surface area contributed by atoms with Gasteiger partial charge in [-0.15, -0.1) is 0 Å². The van der Waals surface area contributed by atoms with Crippen molar-refractivity contribution in [3.63, 3.8) is 0 Å². The largest absolute Gasteiger partial charge is 0.325 e. The maximum atomic E-state index is 6.56. The Bertz CT molecular complexity index is 335. The van der Waals surface area contributed by atoms with E-state index in [4.69, 9.17) is 5.73 Å². The highest BCUT2D eigenvalue weighted by Gasteiger charge is 2.25. The lowest BCUT2D eigenvalue weighted by atomic mass is 9.81. The van der Waals surface area contributed by atoms with Crippen LogP contribution in [-0.2, 0) is 13.5 Å². The normalized spacial score (nSPS) is 20.8. The number of aromatic nitrogens is 2. The number of nitrogens with two attached hydrogens (primary N) is 1. The van der Waals surface area contributed by atoms with Crippen molar-refractivity contribution in [2.24, 2.45) is 12.8 Å². The third-order valence-electron chi connectivity index (χ3n) is 4.02. The van der Waals surface area contributed by atoms with Gasteiger partial charge in [-0.2, -0.15) is 5.10 Å². The summed E-state index contributed by atoms with van der Waals surface area (Å²) in [5.74, 6) is 0. The highest BCUT2D eigenvalue weighted by Crippen LogP contribution is 2.28. The molecule has 1 saturated carbocycles. The van der Waals surface area contributed by atoms with E-state index in [1.165, 1.54) is 50.5 Å². The molecule has 2 N–H and O–H groups in total. The van der Waals surface area contributed by atoms with Gasteiger partial charge in [0.1, 0.15) is 0 Å². The predicted octanol–water partition coefficient (Wildman–Crippen LogP) is 2.79. The smallest absolute Gasteiger partial charge is 0.0521 e. The lowest BCUT2D eigenvalue weighted by molar-refractivity contribution is 0.298. The molecule has 1 aromatic heterocycles. The van der Waals surface area contributed by atoms with Gasteiger partial charge in [-0.1, -0.05) is 32.1 Å². The average Bonchev–Trinajstić information content (AvgIpc) is 2.68. The summed E-state index contributed by atoms with van der Waals surface area (Å²) < 4.78 is 1.87. The van der Waals surface area contributed by atoms with Gasteiger partial charge in [0, 0.05) is 18.8 Å². The summed E-state index contributed by atoms with van der Waals surface area (Å²) in [5, 5.41) is 4.21. The van der Waals surface area contributed by atoms with E-state index in [-0.39, 0.29) is 5.54 Å². The Balaban J connectivity index is 1.86. The van der Waals surface area contributed by atoms with Crippen LogP contribution in [0.25, 0.3) is 0 Å². The molecule has 0 atom stereocenters. The van der Waals surface area contributed by atoms with Crippen molar-refractivity contribution in [3.8, 4) is 0 Å². The molecule has 0 radical (unpaired) electrons. The van der Waals surface area contributed by atoms with Gasteiger partial charge in [0.25, 0.3) is 0 Å². The molecule has 0 spiro atoms. The molecule has 2 rings (SSSR count). The summed E-state index contributed by atoms with van der Waals surface area (Å²) in [6.07, 6.45) is 15.4. The van der Waals surface area contributed by atoms with Gasteiger partial charge in [0.05, 0.1) is 6.20 Å². The van der Waals surface area contributed by atoms with E-state index in [0.29, 0.717) is 0 Å². The molecule has 1 aliphatic carbocycles. The second-order valence-corrected chi connectivity index (χ2v) is 5.65. The van der Waals surface area contributed by atoms with Gasteiger partial charge in [-0.05, 0) is 31.2 Å². The van der Waals surface area contributed by atoms with Crippen molar-refractivity contribution >= 4 is 0 Å². The molecule has 0 aromatic carbocycles. The van der Waals surface area contributed by atoms with Crippen molar-refractivity contribution in [2.45, 2.75) is 63.3 Å². The monoisotopic (exact) mass is 235 g/mol. The predicted molar refractivity (Wildman–Crippen MR) is 70.8 cm³/mol. The number of aryl methyl sites for hydroxylation is 2. The molecule has 0 aliphatic heterocycles. The Morgan fingerprint density at radius 2 is 1.88 bits per heavy atom. The minimum absolute atomic E-state index is 0.0796. The molecule has 0 amide bonds. The van der Waals surface area contributed by atoms with Crippen LogP contribution in [-0.4, -0.2) is 15.3 Å². The molecule has 1 heterocycles. The van der Waals surface area contributed by atoms with Crippen molar-refractivity contribution in [1.82, 2.24) is 9.78 Å². The second-order valence-electron chi connectivity index (χ2n) is 5.65. The summed E-state index contributed by atoms with van der Waals surface area (Å²) in [7, 11) is 1.97. The van der Waals surface area contributed by atoms with Gasteiger partial charge < -0.3 is 5.73 Å². The highest BCUT2D eigenvalue weighted by atomic mass is 15.2. The van der Waals surface area contributed by atoms with Gasteiger partial charge in [-0.3, -0.25) is 4.68 Å². The van der Waals surface area contributed by atoms with Gasteiger partial charge in [0.15, 0.2) is 0 Å². The fourth-order valence-electron chi connectivity index (χ4n) is 2.85. The van der Waals surface area contributed by atoms with Crippen LogP contribution < -0.4 is 5.73 Å². The number of hydrogen-bond acceptors (Lipinski definition) is 2. The zero-order valence-electron chi connectivity index (χ0n) is 11.0. The van der Waals surface area contributed by atoms with Crippen LogP contribution in [0.4, 0.5) is 0 Å². The van der Waals surface area contributed by atoms with Crippen LogP contribution in [0.15, 0.2) is 12.4 Å². The lowest BCUT2D eigenvalue weighted by Crippen LogP contribution is -2.40. The van der Waals surface area contributed by atoms with Crippen LogP contribution in [0.3, 0.4) is 0 Å². The van der Waals surface area contributed by atoms with E-state index >= 15 is 0 Å². The standard InChI is InChI=1S/C14H25N3/c1-17-12-13(11-16-17)7-10-14(15)8-5-3-2-4-6-9-14/h11-12H,2-10,15H2,1H3. The Labute approximate surface area is 104 Å². The SMILES string of the molecule is Cn1cc(CCC2(N)CCCCCCC2)cn1. The van der Waals surface area contributed by atoms with E-state index in [1.807, 2.05) is 17.9 Å². The first-order chi connectivity index (χ1) is 8.18. The molecule has 1 fully saturated rings. The van der Waals surface area contributed by atoms with E-state index in [1.54, 1.807) is 0 Å². The van der Waals surface area contributed by atoms with Gasteiger partial charge >= 0.3 is 0 Å². The second kappa shape index (κ2) is 5.67. The third kappa shape index (κ3) is 3.84. The number of nitrogens with zero attached hydrogens (tertiary/aromatic N) is 2. The Morgan fingerprint density at radius 3 is 2.47 bits per heavy atom. The van der Waals surface area contributed by atoms with Gasteiger partial charge in [0.2, 0.25) is 0 Å². The fraction of sp³-hybridized carbons (Fsp3) is 0.786. The Kier molecular flexibility index (Phi) is 4.21. The molecule has 1 aromatic rings. The lowest BCUT2D eigenvalue weighted by Gasteiger charge is -2.31. The zero-order chi connectivity index (χ0) is 12.1. The van der Waals surface area contributed by atoms with Crippen LogP contribution in [0.1, 0.15) is 56.9 Å². The quantitative estimate of drug-likeness (QED) is 0.875. The molecule has 96 valence electrons.